The molecule has 6 nitrogen and oxygen atoms in total. The lowest BCUT2D eigenvalue weighted by atomic mass is 10.2. The summed E-state index contributed by atoms with van der Waals surface area (Å²) in [4.78, 5) is 24.9. The van der Waals surface area contributed by atoms with E-state index < -0.39 is 12.1 Å². The van der Waals surface area contributed by atoms with Gasteiger partial charge in [-0.15, -0.1) is 0 Å². The minimum Gasteiger partial charge on any atom is -0.378 e. The number of carbonyl (C=O) groups excluding carboxylic acids is 2. The van der Waals surface area contributed by atoms with E-state index in [9.17, 15) is 9.59 Å². The minimum absolute atomic E-state index is 0.0858. The Labute approximate surface area is 95.1 Å². The summed E-state index contributed by atoms with van der Waals surface area (Å²) in [5.74, 6) is -0.397. The average molecular weight is 229 g/mol. The number of rotatable bonds is 3. The molecule has 92 valence electrons. The van der Waals surface area contributed by atoms with Crippen molar-refractivity contribution >= 4 is 11.8 Å². The molecule has 0 aromatic heterocycles. The number of nitrogens with zero attached hydrogens (tertiary/aromatic N) is 1. The fraction of sp³-hybridized carbons (Fsp3) is 0.800. The third kappa shape index (κ3) is 3.46. The second-order valence-corrected chi connectivity index (χ2v) is 3.96. The van der Waals surface area contributed by atoms with Crippen LogP contribution in [0, 0.1) is 0 Å². The maximum Gasteiger partial charge on any atom is 0.245 e. The third-order valence-corrected chi connectivity index (χ3v) is 2.47. The Morgan fingerprint density at radius 2 is 1.88 bits per heavy atom. The number of nitrogens with one attached hydrogen (secondary N) is 1. The van der Waals surface area contributed by atoms with E-state index in [4.69, 9.17) is 10.5 Å². The second kappa shape index (κ2) is 5.81. The molecular formula is C10H19N3O3. The molecule has 1 heterocycles. The largest absolute Gasteiger partial charge is 0.378 e. The monoisotopic (exact) mass is 229 g/mol. The van der Waals surface area contributed by atoms with Crippen LogP contribution in [0.5, 0.6) is 0 Å². The Bertz CT molecular complexity index is 262. The van der Waals surface area contributed by atoms with Gasteiger partial charge in [0.2, 0.25) is 11.8 Å². The zero-order chi connectivity index (χ0) is 12.1. The number of hydrogen-bond acceptors (Lipinski definition) is 4. The van der Waals surface area contributed by atoms with Crippen molar-refractivity contribution in [3.63, 3.8) is 0 Å². The summed E-state index contributed by atoms with van der Waals surface area (Å²) in [7, 11) is 0. The Morgan fingerprint density at radius 3 is 2.38 bits per heavy atom. The number of nitrogens with two attached hydrogens (primary N) is 1. The molecule has 0 spiro atoms. The van der Waals surface area contributed by atoms with Crippen LogP contribution < -0.4 is 11.1 Å². The Balaban J connectivity index is 2.43. The van der Waals surface area contributed by atoms with Gasteiger partial charge in [-0.1, -0.05) is 0 Å². The van der Waals surface area contributed by atoms with Crippen LogP contribution in [0.2, 0.25) is 0 Å². The molecular weight excluding hydrogens is 210 g/mol. The van der Waals surface area contributed by atoms with E-state index >= 15 is 0 Å². The van der Waals surface area contributed by atoms with Crippen LogP contribution in [-0.4, -0.2) is 55.1 Å². The number of ether oxygens (including phenoxy) is 1. The zero-order valence-corrected chi connectivity index (χ0v) is 9.73. The molecule has 2 atom stereocenters. The van der Waals surface area contributed by atoms with Crippen molar-refractivity contribution < 1.29 is 14.3 Å². The average Bonchev–Trinajstić information content (AvgIpc) is 2.28. The molecule has 2 amide bonds. The van der Waals surface area contributed by atoms with Gasteiger partial charge in [-0.25, -0.2) is 0 Å². The van der Waals surface area contributed by atoms with Crippen molar-refractivity contribution in [1.82, 2.24) is 10.2 Å². The highest BCUT2D eigenvalue weighted by Gasteiger charge is 2.24. The molecule has 0 radical (unpaired) electrons. The van der Waals surface area contributed by atoms with Crippen molar-refractivity contribution in [1.29, 1.82) is 0 Å². The normalized spacial score (nSPS) is 20.1. The summed E-state index contributed by atoms with van der Waals surface area (Å²) >= 11 is 0. The molecule has 1 aliphatic heterocycles. The highest BCUT2D eigenvalue weighted by atomic mass is 16.5. The maximum atomic E-state index is 11.9. The number of morpholine rings is 1. The van der Waals surface area contributed by atoms with Crippen LogP contribution >= 0.6 is 0 Å². The van der Waals surface area contributed by atoms with Gasteiger partial charge >= 0.3 is 0 Å². The van der Waals surface area contributed by atoms with Gasteiger partial charge in [0.15, 0.2) is 0 Å². The van der Waals surface area contributed by atoms with E-state index in [-0.39, 0.29) is 11.8 Å². The summed E-state index contributed by atoms with van der Waals surface area (Å²) in [5.41, 5.74) is 5.41. The van der Waals surface area contributed by atoms with Crippen molar-refractivity contribution in [2.24, 2.45) is 5.73 Å². The molecule has 3 N–H and O–H groups in total. The van der Waals surface area contributed by atoms with Crippen LogP contribution in [0.4, 0.5) is 0 Å². The Morgan fingerprint density at radius 1 is 1.31 bits per heavy atom. The minimum atomic E-state index is -0.597. The van der Waals surface area contributed by atoms with E-state index in [1.54, 1.807) is 18.7 Å². The molecule has 1 rings (SSSR count). The molecule has 1 unspecified atom stereocenters. The molecule has 6 heteroatoms. The van der Waals surface area contributed by atoms with Crippen molar-refractivity contribution in [2.75, 3.05) is 26.3 Å². The van der Waals surface area contributed by atoms with E-state index in [1.165, 1.54) is 0 Å². The van der Waals surface area contributed by atoms with Crippen LogP contribution in [0.25, 0.3) is 0 Å². The van der Waals surface area contributed by atoms with Gasteiger partial charge < -0.3 is 20.7 Å². The summed E-state index contributed by atoms with van der Waals surface area (Å²) in [6.07, 6.45) is 0. The molecule has 1 fully saturated rings. The summed E-state index contributed by atoms with van der Waals surface area (Å²) in [6, 6.07) is -1.13. The first-order valence-electron chi connectivity index (χ1n) is 5.45. The predicted molar refractivity (Wildman–Crippen MR) is 58.7 cm³/mol. The number of carbonyl (C=O) groups is 2. The third-order valence-electron chi connectivity index (χ3n) is 2.47. The van der Waals surface area contributed by atoms with Crippen molar-refractivity contribution in [3.8, 4) is 0 Å². The second-order valence-electron chi connectivity index (χ2n) is 3.96. The summed E-state index contributed by atoms with van der Waals surface area (Å²) in [5, 5.41) is 2.58. The lowest BCUT2D eigenvalue weighted by molar-refractivity contribution is -0.139. The number of amides is 2. The fourth-order valence-electron chi connectivity index (χ4n) is 1.46. The topological polar surface area (TPSA) is 84.7 Å². The highest BCUT2D eigenvalue weighted by molar-refractivity contribution is 5.89. The van der Waals surface area contributed by atoms with E-state index in [1.807, 2.05) is 0 Å². The first-order valence-corrected chi connectivity index (χ1v) is 5.45. The van der Waals surface area contributed by atoms with Crippen molar-refractivity contribution in [2.45, 2.75) is 25.9 Å². The molecule has 16 heavy (non-hydrogen) atoms. The molecule has 0 aliphatic carbocycles. The van der Waals surface area contributed by atoms with E-state index in [2.05, 4.69) is 5.32 Å². The molecule has 0 bridgehead atoms. The van der Waals surface area contributed by atoms with Crippen LogP contribution in [0.15, 0.2) is 0 Å². The molecule has 0 aromatic rings. The quantitative estimate of drug-likeness (QED) is 0.630. The van der Waals surface area contributed by atoms with Gasteiger partial charge in [0.1, 0.15) is 6.04 Å². The van der Waals surface area contributed by atoms with Gasteiger partial charge in [-0.05, 0) is 13.8 Å². The van der Waals surface area contributed by atoms with E-state index in [0.717, 1.165) is 0 Å². The number of hydrogen-bond donors (Lipinski definition) is 2. The first-order chi connectivity index (χ1) is 7.52. The predicted octanol–water partition coefficient (Wildman–Crippen LogP) is -1.30. The fourth-order valence-corrected chi connectivity index (χ4v) is 1.46. The highest BCUT2D eigenvalue weighted by Crippen LogP contribution is 2.00. The molecule has 0 aromatic carbocycles. The van der Waals surface area contributed by atoms with Crippen molar-refractivity contribution in [3.05, 3.63) is 0 Å². The lowest BCUT2D eigenvalue weighted by Gasteiger charge is -2.29. The van der Waals surface area contributed by atoms with Crippen LogP contribution in [0.1, 0.15) is 13.8 Å². The standard InChI is InChI=1S/C10H19N3O3/c1-7(11)9(14)12-8(2)10(15)13-3-5-16-6-4-13/h7-8H,3-6,11H2,1-2H3,(H,12,14)/t7-,8?/m1/s1. The zero-order valence-electron chi connectivity index (χ0n) is 9.73. The first kappa shape index (κ1) is 12.9. The van der Waals surface area contributed by atoms with Crippen LogP contribution in [0.3, 0.4) is 0 Å². The smallest absolute Gasteiger partial charge is 0.245 e. The molecule has 1 saturated heterocycles. The van der Waals surface area contributed by atoms with Gasteiger partial charge in [0.05, 0.1) is 19.3 Å². The van der Waals surface area contributed by atoms with Gasteiger partial charge in [0, 0.05) is 13.1 Å². The van der Waals surface area contributed by atoms with E-state index in [0.29, 0.717) is 26.3 Å². The lowest BCUT2D eigenvalue weighted by Crippen LogP contribution is -2.52. The van der Waals surface area contributed by atoms with Crippen LogP contribution in [-0.2, 0) is 14.3 Å². The molecule has 1 aliphatic rings. The SMILES string of the molecule is CC(NC(=O)[C@@H](C)N)C(=O)N1CCOCC1. The van der Waals surface area contributed by atoms with Gasteiger partial charge in [0.25, 0.3) is 0 Å². The molecule has 0 saturated carbocycles. The maximum absolute atomic E-state index is 11.9. The van der Waals surface area contributed by atoms with Gasteiger partial charge in [-0.2, -0.15) is 0 Å². The van der Waals surface area contributed by atoms with Gasteiger partial charge in [-0.3, -0.25) is 9.59 Å². The Hall–Kier alpha value is -1.14. The Kier molecular flexibility index (Phi) is 4.70. The summed E-state index contributed by atoms with van der Waals surface area (Å²) in [6.45, 7) is 5.52. The summed E-state index contributed by atoms with van der Waals surface area (Å²) < 4.78 is 5.15.